The normalized spacial score (nSPS) is 12.7. The molecule has 0 amide bonds. The van der Waals surface area contributed by atoms with Crippen LogP contribution >= 0.6 is 11.6 Å². The number of nitrogen functional groups attached to an aromatic ring is 1. The molecule has 0 fully saturated rings. The van der Waals surface area contributed by atoms with Gasteiger partial charge in [-0.05, 0) is 74.2 Å². The zero-order chi connectivity index (χ0) is 37.2. The van der Waals surface area contributed by atoms with Gasteiger partial charge in [-0.3, -0.25) is 18.7 Å². The van der Waals surface area contributed by atoms with E-state index in [1.54, 1.807) is 19.1 Å². The third kappa shape index (κ3) is 6.48. The molecule has 1 aliphatic carbocycles. The highest BCUT2D eigenvalue weighted by Gasteiger charge is 2.37. The van der Waals surface area contributed by atoms with Gasteiger partial charge in [0.25, 0.3) is 20.2 Å². The second-order valence-corrected chi connectivity index (χ2v) is 14.8. The Morgan fingerprint density at radius 3 is 1.76 bits per heavy atom. The predicted molar refractivity (Wildman–Crippen MR) is 190 cm³/mol. The number of benzene rings is 4. The summed E-state index contributed by atoms with van der Waals surface area (Å²) in [6, 6.07) is 14.1. The number of nitrogens with two attached hydrogens (primary N) is 1. The van der Waals surface area contributed by atoms with E-state index in [-0.39, 0.29) is 67.6 Å². The Labute approximate surface area is 296 Å². The van der Waals surface area contributed by atoms with Gasteiger partial charge in [-0.15, -0.1) is 0 Å². The summed E-state index contributed by atoms with van der Waals surface area (Å²) < 4.78 is 71.1. The van der Waals surface area contributed by atoms with E-state index in [2.05, 4.69) is 30.9 Å². The first-order chi connectivity index (χ1) is 23.9. The van der Waals surface area contributed by atoms with Gasteiger partial charge in [-0.25, -0.2) is 0 Å². The van der Waals surface area contributed by atoms with Gasteiger partial charge in [-0.2, -0.15) is 31.8 Å². The van der Waals surface area contributed by atoms with Crippen molar-refractivity contribution in [2.24, 2.45) is 0 Å². The molecule has 1 aromatic heterocycles. The highest BCUT2D eigenvalue weighted by molar-refractivity contribution is 7.86. The molecule has 5 aromatic rings. The second kappa shape index (κ2) is 12.7. The molecule has 0 saturated heterocycles. The van der Waals surface area contributed by atoms with Crippen LogP contribution < -0.4 is 21.7 Å². The predicted octanol–water partition coefficient (Wildman–Crippen LogP) is 5.84. The average molecular weight is 750 g/mol. The minimum absolute atomic E-state index is 0.0113. The Morgan fingerprint density at radius 2 is 1.22 bits per heavy atom. The Bertz CT molecular complexity index is 2560. The third-order valence-corrected chi connectivity index (χ3v) is 10.5. The van der Waals surface area contributed by atoms with Crippen LogP contribution in [0.1, 0.15) is 54.1 Å². The number of carbonyl (C=O) groups excluding carboxylic acids is 2. The van der Waals surface area contributed by atoms with Crippen LogP contribution in [0, 0.1) is 27.7 Å². The molecule has 0 saturated carbocycles. The molecule has 6 rings (SSSR count). The number of nitrogens with one attached hydrogen (secondary N) is 3. The smallest absolute Gasteiger partial charge is 0.296 e. The summed E-state index contributed by atoms with van der Waals surface area (Å²) in [5.41, 5.74) is 6.35. The Hall–Kier alpha value is -5.46. The van der Waals surface area contributed by atoms with Crippen LogP contribution in [-0.2, 0) is 20.2 Å². The maximum Gasteiger partial charge on any atom is 0.296 e. The molecular formula is C33H28ClN7O8S2. The van der Waals surface area contributed by atoms with Crippen LogP contribution in [0.4, 0.5) is 40.3 Å². The molecule has 51 heavy (non-hydrogen) atoms. The maximum atomic E-state index is 13.9. The number of carbonyl (C=O) groups is 2. The Morgan fingerprint density at radius 1 is 0.686 bits per heavy atom. The zero-order valence-electron chi connectivity index (χ0n) is 27.2. The first-order valence-corrected chi connectivity index (χ1v) is 18.2. The van der Waals surface area contributed by atoms with Gasteiger partial charge in [-0.1, -0.05) is 42.0 Å². The van der Waals surface area contributed by atoms with E-state index in [0.717, 1.165) is 11.6 Å². The van der Waals surface area contributed by atoms with Crippen LogP contribution in [-0.4, -0.2) is 52.5 Å². The Kier molecular flexibility index (Phi) is 8.81. The second-order valence-electron chi connectivity index (χ2n) is 11.7. The first-order valence-electron chi connectivity index (χ1n) is 14.9. The number of fused-ring (bicyclic) bond motifs is 2. The molecule has 18 heteroatoms. The van der Waals surface area contributed by atoms with E-state index in [0.29, 0.717) is 5.69 Å². The number of anilines is 7. The van der Waals surface area contributed by atoms with Gasteiger partial charge in [0.2, 0.25) is 17.2 Å². The molecule has 0 bridgehead atoms. The van der Waals surface area contributed by atoms with Gasteiger partial charge < -0.3 is 21.7 Å². The molecule has 1 heterocycles. The lowest BCUT2D eigenvalue weighted by atomic mass is 9.82. The van der Waals surface area contributed by atoms with E-state index >= 15 is 0 Å². The topological polar surface area (TPSA) is 244 Å². The van der Waals surface area contributed by atoms with Crippen LogP contribution in [0.2, 0.25) is 5.28 Å². The molecule has 0 atom stereocenters. The number of hydrogen-bond acceptors (Lipinski definition) is 13. The molecule has 0 aliphatic heterocycles. The summed E-state index contributed by atoms with van der Waals surface area (Å²) in [5, 5.41) is 8.64. The number of halogens is 1. The molecule has 262 valence electrons. The van der Waals surface area contributed by atoms with E-state index in [9.17, 15) is 35.5 Å². The largest absolute Gasteiger partial charge is 0.397 e. The highest BCUT2D eigenvalue weighted by Crippen LogP contribution is 2.44. The fraction of sp³-hybridized carbons (Fsp3) is 0.121. The van der Waals surface area contributed by atoms with E-state index in [1.165, 1.54) is 38.1 Å². The molecule has 0 radical (unpaired) electrons. The summed E-state index contributed by atoms with van der Waals surface area (Å²) in [5.74, 6) is -1.54. The lowest BCUT2D eigenvalue weighted by Gasteiger charge is -2.26. The van der Waals surface area contributed by atoms with Crippen LogP contribution in [0.25, 0.3) is 0 Å². The summed E-state index contributed by atoms with van der Waals surface area (Å²) >= 11 is 6.22. The molecule has 0 unspecified atom stereocenters. The van der Waals surface area contributed by atoms with Crippen molar-refractivity contribution in [1.82, 2.24) is 15.0 Å². The summed E-state index contributed by atoms with van der Waals surface area (Å²) in [4.78, 5) is 38.7. The van der Waals surface area contributed by atoms with E-state index < -0.39 is 52.8 Å². The van der Waals surface area contributed by atoms with Crippen molar-refractivity contribution in [3.8, 4) is 0 Å². The molecular weight excluding hydrogens is 722 g/mol. The van der Waals surface area contributed by atoms with Crippen molar-refractivity contribution in [2.75, 3.05) is 21.7 Å². The lowest BCUT2D eigenvalue weighted by Crippen LogP contribution is -2.25. The third-order valence-electron chi connectivity index (χ3n) is 8.33. The maximum absolute atomic E-state index is 13.9. The monoisotopic (exact) mass is 749 g/mol. The molecule has 15 nitrogen and oxygen atoms in total. The summed E-state index contributed by atoms with van der Waals surface area (Å²) in [7, 11) is -9.99. The Balaban J connectivity index is 1.54. The van der Waals surface area contributed by atoms with Gasteiger partial charge in [0, 0.05) is 22.5 Å². The fourth-order valence-electron chi connectivity index (χ4n) is 6.04. The average Bonchev–Trinajstić information content (AvgIpc) is 3.04. The van der Waals surface area contributed by atoms with Crippen LogP contribution in [0.5, 0.6) is 0 Å². The quantitative estimate of drug-likeness (QED) is 0.0791. The number of aromatic nitrogens is 3. The van der Waals surface area contributed by atoms with Crippen molar-refractivity contribution in [2.45, 2.75) is 37.5 Å². The summed E-state index contributed by atoms with van der Waals surface area (Å²) in [6.07, 6.45) is 0. The van der Waals surface area contributed by atoms with E-state index in [4.69, 9.17) is 17.3 Å². The van der Waals surface area contributed by atoms with Crippen molar-refractivity contribution in [1.29, 1.82) is 0 Å². The number of aryl methyl sites for hydroxylation is 1. The fourth-order valence-corrected chi connectivity index (χ4v) is 7.82. The van der Waals surface area contributed by atoms with Crippen molar-refractivity contribution < 1.29 is 35.5 Å². The SMILES string of the molecule is Cc1ccc(Nc2nc(Cl)nc(Nc3c(C)c(Nc4cc(S(=O)(=O)O)c(N)c5c4C(=O)c4ccccc4C5=O)c(C)c(S(=O)(=O)O)c3C)n2)cc1. The van der Waals surface area contributed by atoms with Crippen molar-refractivity contribution in [3.63, 3.8) is 0 Å². The summed E-state index contributed by atoms with van der Waals surface area (Å²) in [6.45, 7) is 6.27. The number of hydrogen-bond donors (Lipinski definition) is 6. The van der Waals surface area contributed by atoms with Crippen molar-refractivity contribution in [3.05, 3.63) is 104 Å². The van der Waals surface area contributed by atoms with Crippen molar-refractivity contribution >= 4 is 83.7 Å². The lowest BCUT2D eigenvalue weighted by molar-refractivity contribution is 0.0980. The van der Waals surface area contributed by atoms with Gasteiger partial charge in [0.1, 0.15) is 9.79 Å². The first kappa shape index (κ1) is 35.4. The minimum atomic E-state index is -5.06. The highest BCUT2D eigenvalue weighted by atomic mass is 35.5. The molecule has 1 aliphatic rings. The van der Waals surface area contributed by atoms with Gasteiger partial charge in [0.15, 0.2) is 11.6 Å². The standard InChI is InChI=1S/C33H28ClN7O8S2/c1-14-9-11-18(12-10-14)36-32-39-31(34)40-33(41-32)38-27-15(2)26(16(3)30(17(27)4)51(47,48)49)37-21-13-22(50(44,45)46)25(35)24-23(21)28(42)19-7-5-6-8-20(19)29(24)43/h5-13,37H,35H2,1-4H3,(H,44,45,46)(H,47,48,49)(H2,36,38,39,40,41). The molecule has 4 aromatic carbocycles. The molecule has 0 spiro atoms. The number of nitrogens with zero attached hydrogens (tertiary/aromatic N) is 3. The number of ketones is 2. The number of rotatable bonds is 8. The zero-order valence-corrected chi connectivity index (χ0v) is 29.5. The van der Waals surface area contributed by atoms with E-state index in [1.807, 2.05) is 19.1 Å². The minimum Gasteiger partial charge on any atom is -0.397 e. The van der Waals surface area contributed by atoms with Crippen LogP contribution in [0.3, 0.4) is 0 Å². The molecule has 7 N–H and O–H groups in total. The van der Waals surface area contributed by atoms with Gasteiger partial charge in [0.05, 0.1) is 28.2 Å². The van der Waals surface area contributed by atoms with Gasteiger partial charge >= 0.3 is 0 Å². The van der Waals surface area contributed by atoms with Crippen LogP contribution in [0.15, 0.2) is 64.4 Å².